The second-order valence-corrected chi connectivity index (χ2v) is 7.05. The summed E-state index contributed by atoms with van der Waals surface area (Å²) in [5.74, 6) is 0.880. The van der Waals surface area contributed by atoms with Crippen molar-refractivity contribution in [3.63, 3.8) is 0 Å². The molecule has 5 heteroatoms. The molecule has 2 aromatic carbocycles. The molecule has 2 aromatic rings. The van der Waals surface area contributed by atoms with Crippen molar-refractivity contribution in [2.45, 2.75) is 23.3 Å². The van der Waals surface area contributed by atoms with E-state index in [2.05, 4.69) is 21.8 Å². The molecule has 1 aliphatic heterocycles. The summed E-state index contributed by atoms with van der Waals surface area (Å²) in [6.07, 6.45) is 0.970. The van der Waals surface area contributed by atoms with Gasteiger partial charge in [0.1, 0.15) is 5.84 Å². The van der Waals surface area contributed by atoms with Crippen molar-refractivity contribution in [3.05, 3.63) is 65.7 Å². The molecule has 2 atom stereocenters. The van der Waals surface area contributed by atoms with E-state index in [0.717, 1.165) is 6.42 Å². The van der Waals surface area contributed by atoms with Crippen molar-refractivity contribution in [1.82, 2.24) is 4.72 Å². The third-order valence-corrected chi connectivity index (χ3v) is 5.34. The predicted molar refractivity (Wildman–Crippen MR) is 80.9 cm³/mol. The quantitative estimate of drug-likeness (QED) is 0.924. The number of aliphatic imine (C=N–C) groups is 1. The van der Waals surface area contributed by atoms with Gasteiger partial charge >= 0.3 is 0 Å². The fourth-order valence-corrected chi connectivity index (χ4v) is 4.02. The zero-order valence-electron chi connectivity index (χ0n) is 11.2. The van der Waals surface area contributed by atoms with Gasteiger partial charge in [0, 0.05) is 11.5 Å². The van der Waals surface area contributed by atoms with E-state index in [1.165, 1.54) is 5.56 Å². The Kier molecular flexibility index (Phi) is 2.65. The lowest BCUT2D eigenvalue weighted by molar-refractivity contribution is 0.595. The number of fused-ring (bicyclic) bond motifs is 1. The van der Waals surface area contributed by atoms with E-state index < -0.39 is 10.0 Å². The van der Waals surface area contributed by atoms with Crippen molar-refractivity contribution in [2.75, 3.05) is 0 Å². The minimum Gasteiger partial charge on any atom is -0.263 e. The van der Waals surface area contributed by atoms with Gasteiger partial charge in [-0.15, -0.1) is 0 Å². The molecule has 106 valence electrons. The van der Waals surface area contributed by atoms with Gasteiger partial charge in [-0.2, -0.15) is 0 Å². The summed E-state index contributed by atoms with van der Waals surface area (Å²) in [6.45, 7) is 0. The van der Waals surface area contributed by atoms with E-state index >= 15 is 0 Å². The number of amidine groups is 1. The molecule has 0 bridgehead atoms. The Bertz CT molecular complexity index is 828. The molecule has 1 N–H and O–H groups in total. The molecule has 0 saturated heterocycles. The number of nitrogens with zero attached hydrogens (tertiary/aromatic N) is 1. The summed E-state index contributed by atoms with van der Waals surface area (Å²) < 4.78 is 26.6. The highest BCUT2D eigenvalue weighted by Gasteiger charge is 2.40. The van der Waals surface area contributed by atoms with Gasteiger partial charge in [0.15, 0.2) is 0 Å². The first-order valence-electron chi connectivity index (χ1n) is 6.90. The van der Waals surface area contributed by atoms with E-state index in [4.69, 9.17) is 0 Å². The molecule has 1 fully saturated rings. The second-order valence-electron chi connectivity index (χ2n) is 5.40. The van der Waals surface area contributed by atoms with E-state index in [9.17, 15) is 8.42 Å². The smallest absolute Gasteiger partial charge is 0.263 e. The van der Waals surface area contributed by atoms with Gasteiger partial charge in [-0.3, -0.25) is 9.71 Å². The number of hydrogen-bond acceptors (Lipinski definition) is 3. The summed E-state index contributed by atoms with van der Waals surface area (Å²) in [7, 11) is -3.44. The minimum absolute atomic E-state index is 0.163. The van der Waals surface area contributed by atoms with Gasteiger partial charge in [0.05, 0.1) is 10.9 Å². The molecule has 21 heavy (non-hydrogen) atoms. The third-order valence-electron chi connectivity index (χ3n) is 3.94. The zero-order chi connectivity index (χ0) is 14.4. The van der Waals surface area contributed by atoms with E-state index in [1.54, 1.807) is 18.2 Å². The molecule has 0 radical (unpaired) electrons. The molecule has 4 nitrogen and oxygen atoms in total. The number of nitrogens with one attached hydrogen (secondary N) is 1. The standard InChI is InChI=1S/C16H14N2O2S/c19-21(20)15-9-5-4-8-12(15)16(18-21)17-14-10-13(14)11-6-2-1-3-7-11/h1-9,13-14H,10H2,(H,17,18)/t13-,14-/m1/s1. The SMILES string of the molecule is O=S1(=O)NC(=N[C@@H]2C[C@@H]2c2ccccc2)c2ccccc21. The van der Waals surface area contributed by atoms with Crippen molar-refractivity contribution in [3.8, 4) is 0 Å². The fourth-order valence-electron chi connectivity index (χ4n) is 2.78. The summed E-state index contributed by atoms with van der Waals surface area (Å²) in [5.41, 5.74) is 1.94. The van der Waals surface area contributed by atoms with Gasteiger partial charge in [-0.25, -0.2) is 8.42 Å². The Labute approximate surface area is 123 Å². The van der Waals surface area contributed by atoms with Crippen LogP contribution in [-0.2, 0) is 10.0 Å². The Morgan fingerprint density at radius 3 is 2.52 bits per heavy atom. The lowest BCUT2D eigenvalue weighted by atomic mass is 10.1. The Hall–Kier alpha value is -2.14. The van der Waals surface area contributed by atoms with Crippen LogP contribution in [0.15, 0.2) is 64.5 Å². The molecular weight excluding hydrogens is 284 g/mol. The van der Waals surface area contributed by atoms with Gasteiger partial charge < -0.3 is 0 Å². The average molecular weight is 298 g/mol. The van der Waals surface area contributed by atoms with Crippen LogP contribution in [0.1, 0.15) is 23.5 Å². The summed E-state index contributed by atoms with van der Waals surface area (Å²) >= 11 is 0. The van der Waals surface area contributed by atoms with Gasteiger partial charge in [0.2, 0.25) is 0 Å². The molecule has 0 aromatic heterocycles. The lowest BCUT2D eigenvalue weighted by Gasteiger charge is -1.99. The van der Waals surface area contributed by atoms with Crippen molar-refractivity contribution >= 4 is 15.9 Å². The molecule has 1 saturated carbocycles. The molecule has 0 unspecified atom stereocenters. The van der Waals surface area contributed by atoms with Crippen LogP contribution in [0, 0.1) is 0 Å². The first-order chi connectivity index (χ1) is 10.1. The Morgan fingerprint density at radius 2 is 1.71 bits per heavy atom. The van der Waals surface area contributed by atoms with Crippen LogP contribution in [-0.4, -0.2) is 20.3 Å². The maximum Gasteiger partial charge on any atom is 0.263 e. The van der Waals surface area contributed by atoms with Crippen molar-refractivity contribution in [2.24, 2.45) is 4.99 Å². The first kappa shape index (κ1) is 12.6. The zero-order valence-corrected chi connectivity index (χ0v) is 12.0. The largest absolute Gasteiger partial charge is 0.263 e. The molecule has 2 aliphatic rings. The summed E-state index contributed by atoms with van der Waals surface area (Å²) in [5, 5.41) is 0. The van der Waals surface area contributed by atoms with E-state index in [-0.39, 0.29) is 6.04 Å². The highest BCUT2D eigenvalue weighted by Crippen LogP contribution is 2.44. The Balaban J connectivity index is 1.65. The number of benzene rings is 2. The van der Waals surface area contributed by atoms with Crippen LogP contribution in [0.2, 0.25) is 0 Å². The normalized spacial score (nSPS) is 27.1. The number of hydrogen-bond donors (Lipinski definition) is 1. The second kappa shape index (κ2) is 4.43. The van der Waals surface area contributed by atoms with Crippen LogP contribution in [0.5, 0.6) is 0 Å². The third kappa shape index (κ3) is 2.14. The molecule has 0 spiro atoms. The topological polar surface area (TPSA) is 58.5 Å². The van der Waals surface area contributed by atoms with E-state index in [1.807, 2.05) is 24.3 Å². The maximum atomic E-state index is 12.0. The number of sulfonamides is 1. The maximum absolute atomic E-state index is 12.0. The first-order valence-corrected chi connectivity index (χ1v) is 8.38. The minimum atomic E-state index is -3.44. The van der Waals surface area contributed by atoms with Crippen LogP contribution in [0.4, 0.5) is 0 Å². The van der Waals surface area contributed by atoms with Gasteiger partial charge in [0.25, 0.3) is 10.0 Å². The molecular formula is C16H14N2O2S. The van der Waals surface area contributed by atoms with Crippen LogP contribution in [0.3, 0.4) is 0 Å². The Morgan fingerprint density at radius 1 is 1.00 bits per heavy atom. The van der Waals surface area contributed by atoms with E-state index in [0.29, 0.717) is 22.2 Å². The molecule has 1 heterocycles. The molecule has 0 amide bonds. The molecule has 1 aliphatic carbocycles. The van der Waals surface area contributed by atoms with Crippen LogP contribution < -0.4 is 4.72 Å². The molecule has 4 rings (SSSR count). The lowest BCUT2D eigenvalue weighted by Crippen LogP contribution is -2.22. The highest BCUT2D eigenvalue weighted by molar-refractivity contribution is 7.90. The fraction of sp³-hybridized carbons (Fsp3) is 0.188. The van der Waals surface area contributed by atoms with Crippen LogP contribution in [0.25, 0.3) is 0 Å². The van der Waals surface area contributed by atoms with Gasteiger partial charge in [-0.1, -0.05) is 42.5 Å². The average Bonchev–Trinajstić information content (AvgIpc) is 3.21. The number of rotatable bonds is 2. The van der Waals surface area contributed by atoms with Crippen molar-refractivity contribution < 1.29 is 8.42 Å². The van der Waals surface area contributed by atoms with Crippen LogP contribution >= 0.6 is 0 Å². The summed E-state index contributed by atoms with van der Waals surface area (Å²) in [6, 6.07) is 17.4. The van der Waals surface area contributed by atoms with Gasteiger partial charge in [-0.05, 0) is 24.1 Å². The van der Waals surface area contributed by atoms with Crippen molar-refractivity contribution in [1.29, 1.82) is 0 Å². The monoisotopic (exact) mass is 298 g/mol. The highest BCUT2D eigenvalue weighted by atomic mass is 32.2. The summed E-state index contributed by atoms with van der Waals surface area (Å²) in [4.78, 5) is 4.93. The predicted octanol–water partition coefficient (Wildman–Crippen LogP) is 2.28.